The van der Waals surface area contributed by atoms with E-state index in [2.05, 4.69) is 15.6 Å². The van der Waals surface area contributed by atoms with Crippen molar-refractivity contribution in [3.05, 3.63) is 183 Å². The van der Waals surface area contributed by atoms with Gasteiger partial charge in [-0.25, -0.2) is 9.78 Å². The van der Waals surface area contributed by atoms with Crippen molar-refractivity contribution >= 4 is 28.3 Å². The number of benzene rings is 4. The number of nitrogens with one attached hydrogen (secondary N) is 2. The lowest BCUT2D eigenvalue weighted by molar-refractivity contribution is -0.139. The second kappa shape index (κ2) is 14.1. The molecule has 0 fully saturated rings. The minimum Gasteiger partial charge on any atom is -0.483 e. The van der Waals surface area contributed by atoms with Crippen LogP contribution in [0.1, 0.15) is 44.5 Å². The largest absolute Gasteiger partial charge is 0.483 e. The lowest BCUT2D eigenvalue weighted by Crippen LogP contribution is -2.38. The molecule has 0 aliphatic heterocycles. The van der Waals surface area contributed by atoms with Gasteiger partial charge in [-0.1, -0.05) is 121 Å². The standard InChI is InChI=1S/C37H30N4O6S/c42-31-21-30(41(46)22-32(31)47-23-25-13-5-1-6-14-25)34(43)39-33(35(44)45)29-24-48-36(38-29)40-37(26-15-7-2-8-16-26,27-17-9-3-10-18-27)28-19-11-4-12-20-28/h1-22,24,33,46H,23H2,(H,38,40)(H,39,43)(H,44,45)/t33-/m0/s1. The number of hydrogen-bond acceptors (Lipinski definition) is 8. The van der Waals surface area contributed by atoms with E-state index in [-0.39, 0.29) is 18.1 Å². The molecule has 0 bridgehead atoms. The number of aromatic nitrogens is 2. The van der Waals surface area contributed by atoms with Gasteiger partial charge >= 0.3 is 5.97 Å². The molecule has 240 valence electrons. The molecule has 0 radical (unpaired) electrons. The average molecular weight is 659 g/mol. The molecule has 0 aliphatic carbocycles. The van der Waals surface area contributed by atoms with E-state index >= 15 is 0 Å². The first-order chi connectivity index (χ1) is 23.3. The van der Waals surface area contributed by atoms with Gasteiger partial charge in [-0.15, -0.1) is 11.3 Å². The smallest absolute Gasteiger partial charge is 0.332 e. The maximum atomic E-state index is 13.2. The fraction of sp³-hybridized carbons (Fsp3) is 0.0811. The summed E-state index contributed by atoms with van der Waals surface area (Å²) in [4.78, 5) is 43.0. The highest BCUT2D eigenvalue weighted by Crippen LogP contribution is 2.41. The van der Waals surface area contributed by atoms with E-state index < -0.39 is 34.6 Å². The van der Waals surface area contributed by atoms with Gasteiger partial charge in [0, 0.05) is 11.4 Å². The van der Waals surface area contributed by atoms with E-state index in [0.29, 0.717) is 9.86 Å². The molecule has 6 aromatic rings. The number of hydrogen-bond donors (Lipinski definition) is 4. The number of thiazole rings is 1. The number of nitrogens with zero attached hydrogens (tertiary/aromatic N) is 2. The number of anilines is 1. The van der Waals surface area contributed by atoms with Crippen LogP contribution >= 0.6 is 11.3 Å². The zero-order valence-electron chi connectivity index (χ0n) is 25.4. The van der Waals surface area contributed by atoms with Crippen LogP contribution in [0.4, 0.5) is 5.13 Å². The van der Waals surface area contributed by atoms with Crippen molar-refractivity contribution in [2.75, 3.05) is 5.32 Å². The van der Waals surface area contributed by atoms with Gasteiger partial charge in [-0.2, -0.15) is 4.73 Å². The van der Waals surface area contributed by atoms with Crippen molar-refractivity contribution < 1.29 is 24.6 Å². The summed E-state index contributed by atoms with van der Waals surface area (Å²) in [6.45, 7) is 0.0724. The monoisotopic (exact) mass is 658 g/mol. The molecule has 0 spiro atoms. The molecule has 0 saturated carbocycles. The molecule has 0 saturated heterocycles. The van der Waals surface area contributed by atoms with Crippen molar-refractivity contribution in [1.82, 2.24) is 15.0 Å². The predicted molar refractivity (Wildman–Crippen MR) is 181 cm³/mol. The lowest BCUT2D eigenvalue weighted by Gasteiger charge is -2.36. The van der Waals surface area contributed by atoms with Crippen molar-refractivity contribution in [3.63, 3.8) is 0 Å². The summed E-state index contributed by atoms with van der Waals surface area (Å²) in [5, 5.41) is 28.6. The zero-order valence-corrected chi connectivity index (χ0v) is 26.2. The summed E-state index contributed by atoms with van der Waals surface area (Å²) in [5.74, 6) is -2.55. The average Bonchev–Trinajstić information content (AvgIpc) is 3.59. The fourth-order valence-corrected chi connectivity index (χ4v) is 6.20. The molecule has 1 amide bonds. The molecule has 0 unspecified atom stereocenters. The van der Waals surface area contributed by atoms with Crippen LogP contribution < -0.4 is 20.8 Å². The van der Waals surface area contributed by atoms with Crippen LogP contribution in [0.5, 0.6) is 5.75 Å². The third-order valence-corrected chi connectivity index (χ3v) is 8.50. The Morgan fingerprint density at radius 3 is 1.88 bits per heavy atom. The van der Waals surface area contributed by atoms with Crippen LogP contribution in [-0.2, 0) is 16.9 Å². The molecule has 1 atom stereocenters. The Morgan fingerprint density at radius 1 is 0.833 bits per heavy atom. The number of carboxylic acids is 1. The number of aliphatic carboxylic acids is 1. The molecule has 11 heteroatoms. The summed E-state index contributed by atoms with van der Waals surface area (Å²) in [6, 6.07) is 38.0. The first-order valence-corrected chi connectivity index (χ1v) is 15.8. The van der Waals surface area contributed by atoms with Crippen molar-refractivity contribution in [3.8, 4) is 5.75 Å². The molecule has 4 aromatic carbocycles. The molecule has 10 nitrogen and oxygen atoms in total. The van der Waals surface area contributed by atoms with E-state index in [4.69, 9.17) is 4.74 Å². The van der Waals surface area contributed by atoms with E-state index in [1.165, 1.54) is 11.3 Å². The summed E-state index contributed by atoms with van der Waals surface area (Å²) in [6.07, 6.45) is 0.969. The van der Waals surface area contributed by atoms with Crippen LogP contribution in [0.25, 0.3) is 0 Å². The van der Waals surface area contributed by atoms with Crippen LogP contribution in [0.2, 0.25) is 0 Å². The second-order valence-corrected chi connectivity index (χ2v) is 11.7. The van der Waals surface area contributed by atoms with Crippen LogP contribution in [0.3, 0.4) is 0 Å². The number of pyridine rings is 1. The van der Waals surface area contributed by atoms with Gasteiger partial charge in [0.2, 0.25) is 5.43 Å². The number of carboxylic acid groups (broad SMARTS) is 1. The van der Waals surface area contributed by atoms with Crippen molar-refractivity contribution in [2.24, 2.45) is 0 Å². The van der Waals surface area contributed by atoms with Crippen LogP contribution in [0.15, 0.2) is 144 Å². The molecule has 48 heavy (non-hydrogen) atoms. The summed E-state index contributed by atoms with van der Waals surface area (Å²) < 4.78 is 5.96. The Bertz CT molecular complexity index is 1970. The highest BCUT2D eigenvalue weighted by atomic mass is 32.1. The SMILES string of the molecule is O=C(N[C@H](C(=O)O)c1csc(NC(c2ccccc2)(c2ccccc2)c2ccccc2)n1)c1cc(=O)c(OCc2ccccc2)cn1O. The van der Waals surface area contributed by atoms with Crippen molar-refractivity contribution in [2.45, 2.75) is 18.2 Å². The van der Waals surface area contributed by atoms with Crippen LogP contribution in [0, 0.1) is 0 Å². The maximum absolute atomic E-state index is 13.2. The van der Waals surface area contributed by atoms with E-state index in [1.807, 2.05) is 121 Å². The number of ether oxygens (including phenoxy) is 1. The Labute approximate surface area is 279 Å². The normalized spacial score (nSPS) is 11.8. The third kappa shape index (κ3) is 6.67. The highest BCUT2D eigenvalue weighted by molar-refractivity contribution is 7.13. The predicted octanol–water partition coefficient (Wildman–Crippen LogP) is 6.08. The fourth-order valence-electron chi connectivity index (χ4n) is 5.40. The van der Waals surface area contributed by atoms with Crippen LogP contribution in [-0.4, -0.2) is 31.9 Å². The quantitative estimate of drug-likeness (QED) is 0.0916. The van der Waals surface area contributed by atoms with Gasteiger partial charge in [0.25, 0.3) is 5.91 Å². The third-order valence-electron chi connectivity index (χ3n) is 7.72. The molecule has 4 N–H and O–H groups in total. The highest BCUT2D eigenvalue weighted by Gasteiger charge is 2.37. The number of rotatable bonds is 12. The Kier molecular flexibility index (Phi) is 9.31. The van der Waals surface area contributed by atoms with Crippen molar-refractivity contribution in [1.29, 1.82) is 0 Å². The van der Waals surface area contributed by atoms with E-state index in [1.54, 1.807) is 5.38 Å². The zero-order chi connectivity index (χ0) is 33.5. The molecule has 2 aromatic heterocycles. The topological polar surface area (TPSA) is 143 Å². The minimum atomic E-state index is -1.59. The molecular weight excluding hydrogens is 628 g/mol. The molecule has 0 aliphatic rings. The molecule has 6 rings (SSSR count). The van der Waals surface area contributed by atoms with E-state index in [9.17, 15) is 24.7 Å². The molecular formula is C37H30N4O6S. The number of carbonyl (C=O) groups excluding carboxylic acids is 1. The lowest BCUT2D eigenvalue weighted by atomic mass is 9.77. The Balaban J connectivity index is 1.28. The maximum Gasteiger partial charge on any atom is 0.332 e. The van der Waals surface area contributed by atoms with E-state index in [0.717, 1.165) is 34.5 Å². The minimum absolute atomic E-state index is 0.0566. The summed E-state index contributed by atoms with van der Waals surface area (Å²) in [7, 11) is 0. The summed E-state index contributed by atoms with van der Waals surface area (Å²) in [5.41, 5.74) is 1.62. The molecule has 2 heterocycles. The number of carbonyl (C=O) groups is 2. The van der Waals surface area contributed by atoms with Gasteiger partial charge in [0.05, 0.1) is 11.9 Å². The Hall–Kier alpha value is -6.20. The first kappa shape index (κ1) is 31.8. The van der Waals surface area contributed by atoms with Gasteiger partial charge < -0.3 is 25.7 Å². The second-order valence-electron chi connectivity index (χ2n) is 10.8. The Morgan fingerprint density at radius 2 is 1.35 bits per heavy atom. The van der Waals surface area contributed by atoms with Gasteiger partial charge in [0.15, 0.2) is 16.9 Å². The van der Waals surface area contributed by atoms with Gasteiger partial charge in [-0.3, -0.25) is 9.59 Å². The summed E-state index contributed by atoms with van der Waals surface area (Å²) >= 11 is 1.18. The van der Waals surface area contributed by atoms with Gasteiger partial charge in [-0.05, 0) is 22.3 Å². The first-order valence-electron chi connectivity index (χ1n) is 14.9. The number of amides is 1. The van der Waals surface area contributed by atoms with Gasteiger partial charge in [0.1, 0.15) is 17.8 Å².